The van der Waals surface area contributed by atoms with Gasteiger partial charge in [0.05, 0.1) is 24.8 Å². The van der Waals surface area contributed by atoms with Crippen LogP contribution in [0.15, 0.2) is 78.0 Å². The molecule has 57 heavy (non-hydrogen) atoms. The van der Waals surface area contributed by atoms with Crippen molar-refractivity contribution in [2.75, 3.05) is 40.0 Å². The van der Waals surface area contributed by atoms with Gasteiger partial charge in [0.15, 0.2) is 0 Å². The molecule has 310 valence electrons. The molecule has 1 saturated carbocycles. The molecule has 2 aliphatic heterocycles. The minimum absolute atomic E-state index is 0.0102. The summed E-state index contributed by atoms with van der Waals surface area (Å²) in [4.78, 5) is 34.5. The Morgan fingerprint density at radius 3 is 2.58 bits per heavy atom. The van der Waals surface area contributed by atoms with E-state index in [1.807, 2.05) is 43.3 Å². The molecule has 1 saturated heterocycles. The molecule has 2 aromatic carbocycles. The molecule has 7 atom stereocenters. The zero-order chi connectivity index (χ0) is 40.2. The number of carbonyl (C=O) groups is 2. The standard InChI is InChI=1S/C44H59N3O10/c1-4-24-54-44-38(47(3)43(51)53-29-30-15-7-6-8-16-30)28-36(46-57-39-19-11-14-25-52-39)34-26-31(17-9-12-22-48)33(18-10-13-23-49)40(41(34)44)35-27-32(20-21-37(35)56-44)55-42(50)45-5-2/h4,6-8,15-16,20-21,26-27,31,33,38-41,48-49H,1,5,9-14,17-19,22-25,28-29H2,2-3H3,(H,45,50)/t31-,33+,38-,39?,40+,41+,44+/m0/s1. The Balaban J connectivity index is 1.52. The van der Waals surface area contributed by atoms with Crippen molar-refractivity contribution in [2.45, 2.75) is 102 Å². The number of ether oxygens (including phenoxy) is 5. The van der Waals surface area contributed by atoms with Gasteiger partial charge in [0.2, 0.25) is 12.1 Å². The van der Waals surface area contributed by atoms with Crippen LogP contribution in [0.1, 0.15) is 88.2 Å². The lowest BCUT2D eigenvalue weighted by atomic mass is 9.55. The van der Waals surface area contributed by atoms with E-state index in [1.54, 1.807) is 30.2 Å². The zero-order valence-corrected chi connectivity index (χ0v) is 33.3. The van der Waals surface area contributed by atoms with Crippen molar-refractivity contribution in [1.29, 1.82) is 0 Å². The summed E-state index contributed by atoms with van der Waals surface area (Å²) >= 11 is 0. The van der Waals surface area contributed by atoms with E-state index in [4.69, 9.17) is 33.7 Å². The van der Waals surface area contributed by atoms with E-state index in [1.165, 1.54) is 0 Å². The Bertz CT molecular complexity index is 1710. The molecule has 0 spiro atoms. The van der Waals surface area contributed by atoms with Crippen molar-refractivity contribution >= 4 is 17.9 Å². The number of nitrogens with one attached hydrogen (secondary N) is 1. The minimum Gasteiger partial charge on any atom is -0.459 e. The third kappa shape index (κ3) is 9.82. The van der Waals surface area contributed by atoms with Gasteiger partial charge < -0.3 is 49.0 Å². The maximum absolute atomic E-state index is 14.1. The summed E-state index contributed by atoms with van der Waals surface area (Å²) in [5.74, 6) is -1.26. The number of allylic oxidation sites excluding steroid dienone is 1. The monoisotopic (exact) mass is 789 g/mol. The molecule has 2 heterocycles. The molecule has 13 heteroatoms. The maximum atomic E-state index is 14.1. The second-order valence-corrected chi connectivity index (χ2v) is 15.2. The minimum atomic E-state index is -1.44. The number of rotatable bonds is 18. The van der Waals surface area contributed by atoms with Crippen molar-refractivity contribution in [3.8, 4) is 11.5 Å². The number of fused-ring (bicyclic) bond motifs is 2. The van der Waals surface area contributed by atoms with Gasteiger partial charge in [0, 0.05) is 51.1 Å². The number of hydrogen-bond donors (Lipinski definition) is 3. The zero-order valence-electron chi connectivity index (χ0n) is 33.3. The molecular weight excluding hydrogens is 730 g/mol. The van der Waals surface area contributed by atoms with Gasteiger partial charge in [0.25, 0.3) is 0 Å². The number of carbonyl (C=O) groups excluding carboxylic acids is 2. The average Bonchev–Trinajstić information content (AvgIpc) is 3.23. The molecule has 0 bridgehead atoms. The topological polar surface area (TPSA) is 158 Å². The second kappa shape index (κ2) is 20.3. The van der Waals surface area contributed by atoms with Crippen LogP contribution in [0.3, 0.4) is 0 Å². The summed E-state index contributed by atoms with van der Waals surface area (Å²) in [6, 6.07) is 14.2. The molecule has 2 amide bonds. The van der Waals surface area contributed by atoms with Crippen molar-refractivity contribution in [2.24, 2.45) is 22.9 Å². The first-order valence-corrected chi connectivity index (χ1v) is 20.6. The van der Waals surface area contributed by atoms with E-state index in [-0.39, 0.29) is 50.6 Å². The van der Waals surface area contributed by atoms with Crippen LogP contribution in [-0.2, 0) is 25.7 Å². The third-order valence-electron chi connectivity index (χ3n) is 11.6. The van der Waals surface area contributed by atoms with Crippen molar-refractivity contribution < 1.29 is 48.3 Å². The molecule has 0 radical (unpaired) electrons. The second-order valence-electron chi connectivity index (χ2n) is 15.2. The van der Waals surface area contributed by atoms with Gasteiger partial charge in [-0.1, -0.05) is 60.5 Å². The predicted molar refractivity (Wildman–Crippen MR) is 214 cm³/mol. The van der Waals surface area contributed by atoms with Gasteiger partial charge in [-0.25, -0.2) is 9.59 Å². The Morgan fingerprint density at radius 1 is 1.07 bits per heavy atom. The highest BCUT2D eigenvalue weighted by atomic mass is 16.8. The number of nitrogens with zero attached hydrogens (tertiary/aromatic N) is 2. The summed E-state index contributed by atoms with van der Waals surface area (Å²) in [5.41, 5.74) is 3.26. The van der Waals surface area contributed by atoms with Gasteiger partial charge >= 0.3 is 12.2 Å². The fourth-order valence-corrected chi connectivity index (χ4v) is 8.94. The lowest BCUT2D eigenvalue weighted by Crippen LogP contribution is -2.69. The molecule has 1 unspecified atom stereocenters. The Labute approximate surface area is 336 Å². The van der Waals surface area contributed by atoms with Crippen LogP contribution in [0, 0.1) is 17.8 Å². The molecule has 0 aromatic heterocycles. The number of hydrogen-bond acceptors (Lipinski definition) is 11. The quantitative estimate of drug-likeness (QED) is 0.0800. The molecule has 4 aliphatic rings. The van der Waals surface area contributed by atoms with Crippen LogP contribution in [0.2, 0.25) is 0 Å². The fourth-order valence-electron chi connectivity index (χ4n) is 8.94. The molecule has 2 aromatic rings. The highest BCUT2D eigenvalue weighted by Gasteiger charge is 2.65. The number of amides is 2. The first-order chi connectivity index (χ1) is 27.8. The first kappa shape index (κ1) is 42.2. The van der Waals surface area contributed by atoms with Crippen LogP contribution in [0.5, 0.6) is 11.5 Å². The Hall–Kier alpha value is -4.43. The van der Waals surface area contributed by atoms with E-state index in [0.717, 1.165) is 55.2 Å². The molecule has 13 nitrogen and oxygen atoms in total. The van der Waals surface area contributed by atoms with Crippen molar-refractivity contribution in [1.82, 2.24) is 10.2 Å². The van der Waals surface area contributed by atoms with E-state index in [0.29, 0.717) is 49.6 Å². The van der Waals surface area contributed by atoms with Crippen LogP contribution in [0.25, 0.3) is 0 Å². The molecule has 3 N–H and O–H groups in total. The number of benzene rings is 2. The number of aliphatic hydroxyl groups excluding tert-OH is 2. The Kier molecular flexibility index (Phi) is 15.0. The van der Waals surface area contributed by atoms with Gasteiger partial charge in [-0.05, 0) is 86.6 Å². The average molecular weight is 790 g/mol. The maximum Gasteiger partial charge on any atom is 0.412 e. The van der Waals surface area contributed by atoms with Gasteiger partial charge in [-0.15, -0.1) is 6.58 Å². The van der Waals surface area contributed by atoms with Gasteiger partial charge in [0.1, 0.15) is 24.1 Å². The summed E-state index contributed by atoms with van der Waals surface area (Å²) in [7, 11) is 1.70. The van der Waals surface area contributed by atoms with E-state index in [9.17, 15) is 19.8 Å². The highest BCUT2D eigenvalue weighted by Crippen LogP contribution is 2.61. The molecule has 2 aliphatic carbocycles. The van der Waals surface area contributed by atoms with Gasteiger partial charge in [-0.2, -0.15) is 0 Å². The molecular formula is C44H59N3O10. The molecule has 6 rings (SSSR count). The number of unbranched alkanes of at least 4 members (excludes halogenated alkanes) is 2. The van der Waals surface area contributed by atoms with E-state index >= 15 is 0 Å². The first-order valence-electron chi connectivity index (χ1n) is 20.6. The summed E-state index contributed by atoms with van der Waals surface area (Å²) in [6.45, 7) is 7.18. The number of oxime groups is 1. The van der Waals surface area contributed by atoms with Crippen LogP contribution >= 0.6 is 0 Å². The van der Waals surface area contributed by atoms with Crippen LogP contribution in [-0.4, -0.2) is 91.2 Å². The fraction of sp³-hybridized carbons (Fsp3) is 0.568. The largest absolute Gasteiger partial charge is 0.459 e. The summed E-state index contributed by atoms with van der Waals surface area (Å²) < 4.78 is 31.7. The number of aliphatic hydroxyl groups is 2. The Morgan fingerprint density at radius 2 is 1.86 bits per heavy atom. The van der Waals surface area contributed by atoms with E-state index < -0.39 is 36.2 Å². The lowest BCUT2D eigenvalue weighted by molar-refractivity contribution is -0.254. The third-order valence-corrected chi connectivity index (χ3v) is 11.6. The van der Waals surface area contributed by atoms with E-state index in [2.05, 4.69) is 18.0 Å². The highest BCUT2D eigenvalue weighted by molar-refractivity contribution is 6.03. The lowest BCUT2D eigenvalue weighted by Gasteiger charge is -2.59. The summed E-state index contributed by atoms with van der Waals surface area (Å²) in [6.07, 6.45) is 9.66. The predicted octanol–water partition coefficient (Wildman–Crippen LogP) is 7.22. The summed E-state index contributed by atoms with van der Waals surface area (Å²) in [5, 5.41) is 27.2. The van der Waals surface area contributed by atoms with Crippen molar-refractivity contribution in [3.63, 3.8) is 0 Å². The SMILES string of the molecule is C=CCO[C@@]12Oc3ccc(OC(=O)NCC)cc3[C@H]3[C@H](CCCCO)[C@@H](CCCCO)C=C(C(=NOC4CCCCO4)C[C@@H]1N(C)C(=O)OCc1ccccc1)[C@H]32. The van der Waals surface area contributed by atoms with Crippen LogP contribution < -0.4 is 14.8 Å². The normalized spacial score (nSPS) is 26.9. The number of likely N-dealkylation sites (N-methyl/N-ethyl adjacent to an activating group) is 1. The van der Waals surface area contributed by atoms with Gasteiger partial charge in [-0.3, -0.25) is 0 Å². The van der Waals surface area contributed by atoms with Crippen LogP contribution in [0.4, 0.5) is 9.59 Å². The smallest absolute Gasteiger partial charge is 0.412 e. The van der Waals surface area contributed by atoms with Crippen molar-refractivity contribution in [3.05, 3.63) is 84.0 Å². The molecule has 2 fully saturated rings.